The predicted molar refractivity (Wildman–Crippen MR) is 111 cm³/mol. The fourth-order valence-corrected chi connectivity index (χ4v) is 3.22. The molecular formula is C20H15ClN4OS. The number of aromatic nitrogens is 1. The number of nitriles is 1. The third-order valence-electron chi connectivity index (χ3n) is 3.58. The Bertz CT molecular complexity index is 1020. The van der Waals surface area contributed by atoms with Gasteiger partial charge in [0.05, 0.1) is 5.69 Å². The van der Waals surface area contributed by atoms with Crippen molar-refractivity contribution in [3.63, 3.8) is 0 Å². The molecule has 5 nitrogen and oxygen atoms in total. The molecule has 0 aliphatic rings. The number of anilines is 2. The highest BCUT2D eigenvalue weighted by Gasteiger charge is 2.09. The van der Waals surface area contributed by atoms with Crippen molar-refractivity contribution in [3.8, 4) is 17.3 Å². The molecule has 0 bridgehead atoms. The lowest BCUT2D eigenvalue weighted by Gasteiger charge is -2.04. The van der Waals surface area contributed by atoms with Gasteiger partial charge in [0.15, 0.2) is 0 Å². The number of halogens is 1. The second-order valence-corrected chi connectivity index (χ2v) is 6.91. The Labute approximate surface area is 165 Å². The fourth-order valence-electron chi connectivity index (χ4n) is 2.30. The van der Waals surface area contributed by atoms with Crippen LogP contribution in [0.4, 0.5) is 11.4 Å². The standard InChI is InChI=1S/C20H15ClN4OS/c1-13(26)24-18-8-6-17(7-9-18)23-11-15(10-22)20-25-19(12-27-20)14-2-4-16(21)5-3-14/h2-9,11-12,23H,1H3,(H,24,26)/b15-11+. The first-order valence-corrected chi connectivity index (χ1v) is 9.27. The summed E-state index contributed by atoms with van der Waals surface area (Å²) in [5, 5.41) is 18.5. The number of hydrogen-bond acceptors (Lipinski definition) is 5. The molecule has 0 saturated carbocycles. The number of hydrogen-bond donors (Lipinski definition) is 2. The summed E-state index contributed by atoms with van der Waals surface area (Å²) in [5.74, 6) is -0.123. The molecule has 0 aliphatic heterocycles. The van der Waals surface area contributed by atoms with Crippen LogP contribution in [0.15, 0.2) is 60.1 Å². The van der Waals surface area contributed by atoms with Gasteiger partial charge in [-0.3, -0.25) is 4.79 Å². The molecule has 1 amide bonds. The van der Waals surface area contributed by atoms with Crippen LogP contribution in [0.3, 0.4) is 0 Å². The van der Waals surface area contributed by atoms with Crippen LogP contribution in [-0.4, -0.2) is 10.9 Å². The number of nitrogens with one attached hydrogen (secondary N) is 2. The SMILES string of the molecule is CC(=O)Nc1ccc(N/C=C(\C#N)c2nc(-c3ccc(Cl)cc3)cs2)cc1. The van der Waals surface area contributed by atoms with Crippen molar-refractivity contribution in [2.45, 2.75) is 6.92 Å². The van der Waals surface area contributed by atoms with Crippen molar-refractivity contribution >= 4 is 45.8 Å². The highest BCUT2D eigenvalue weighted by Crippen LogP contribution is 2.27. The van der Waals surface area contributed by atoms with E-state index in [1.165, 1.54) is 18.3 Å². The van der Waals surface area contributed by atoms with Crippen molar-refractivity contribution in [3.05, 3.63) is 70.1 Å². The molecule has 3 aromatic rings. The van der Waals surface area contributed by atoms with E-state index in [0.29, 0.717) is 21.3 Å². The topological polar surface area (TPSA) is 77.8 Å². The summed E-state index contributed by atoms with van der Waals surface area (Å²) in [6.45, 7) is 1.46. The van der Waals surface area contributed by atoms with Crippen molar-refractivity contribution in [2.75, 3.05) is 10.6 Å². The molecule has 27 heavy (non-hydrogen) atoms. The van der Waals surface area contributed by atoms with Gasteiger partial charge in [-0.1, -0.05) is 23.7 Å². The molecule has 134 valence electrons. The summed E-state index contributed by atoms with van der Waals surface area (Å²) in [7, 11) is 0. The van der Waals surface area contributed by atoms with Crippen LogP contribution < -0.4 is 10.6 Å². The van der Waals surface area contributed by atoms with Crippen LogP contribution in [0.25, 0.3) is 16.8 Å². The Morgan fingerprint density at radius 3 is 2.44 bits per heavy atom. The molecule has 2 N–H and O–H groups in total. The maximum Gasteiger partial charge on any atom is 0.221 e. The highest BCUT2D eigenvalue weighted by atomic mass is 35.5. The normalized spacial score (nSPS) is 10.9. The number of allylic oxidation sites excluding steroid dienone is 1. The fraction of sp³-hybridized carbons (Fsp3) is 0.0500. The Kier molecular flexibility index (Phi) is 5.87. The average molecular weight is 395 g/mol. The van der Waals surface area contributed by atoms with E-state index in [4.69, 9.17) is 11.6 Å². The number of rotatable bonds is 5. The molecule has 0 fully saturated rings. The molecule has 0 spiro atoms. The summed E-state index contributed by atoms with van der Waals surface area (Å²) < 4.78 is 0. The Morgan fingerprint density at radius 2 is 1.81 bits per heavy atom. The summed E-state index contributed by atoms with van der Waals surface area (Å²) in [4.78, 5) is 15.6. The van der Waals surface area contributed by atoms with E-state index in [9.17, 15) is 10.1 Å². The number of thiazole rings is 1. The van der Waals surface area contributed by atoms with E-state index in [2.05, 4.69) is 21.7 Å². The molecule has 0 unspecified atom stereocenters. The van der Waals surface area contributed by atoms with E-state index in [1.807, 2.05) is 41.8 Å². The molecular weight excluding hydrogens is 380 g/mol. The summed E-state index contributed by atoms with van der Waals surface area (Å²) >= 11 is 7.32. The number of carbonyl (C=O) groups excluding carboxylic acids is 1. The van der Waals surface area contributed by atoms with Crippen LogP contribution in [0.2, 0.25) is 5.02 Å². The first-order chi connectivity index (χ1) is 13.0. The van der Waals surface area contributed by atoms with Gasteiger partial charge >= 0.3 is 0 Å². The highest BCUT2D eigenvalue weighted by molar-refractivity contribution is 7.11. The van der Waals surface area contributed by atoms with Crippen LogP contribution in [-0.2, 0) is 4.79 Å². The monoisotopic (exact) mass is 394 g/mol. The number of benzene rings is 2. The lowest BCUT2D eigenvalue weighted by atomic mass is 10.2. The van der Waals surface area contributed by atoms with Gasteiger partial charge in [-0.25, -0.2) is 4.98 Å². The Hall–Kier alpha value is -3.14. The van der Waals surface area contributed by atoms with Gasteiger partial charge in [0, 0.05) is 40.5 Å². The van der Waals surface area contributed by atoms with E-state index >= 15 is 0 Å². The molecule has 1 heterocycles. The van der Waals surface area contributed by atoms with Crippen molar-refractivity contribution in [2.24, 2.45) is 0 Å². The first kappa shape index (κ1) is 18.6. The number of nitrogens with zero attached hydrogens (tertiary/aromatic N) is 2. The maximum atomic E-state index is 11.0. The minimum atomic E-state index is -0.123. The Morgan fingerprint density at radius 1 is 1.15 bits per heavy atom. The minimum Gasteiger partial charge on any atom is -0.360 e. The molecule has 0 aliphatic carbocycles. The zero-order valence-corrected chi connectivity index (χ0v) is 15.9. The van der Waals surface area contributed by atoms with Crippen molar-refractivity contribution in [1.29, 1.82) is 5.26 Å². The van der Waals surface area contributed by atoms with E-state index in [-0.39, 0.29) is 5.91 Å². The van der Waals surface area contributed by atoms with Gasteiger partial charge in [0.25, 0.3) is 0 Å². The second-order valence-electron chi connectivity index (χ2n) is 5.62. The van der Waals surface area contributed by atoms with Crippen molar-refractivity contribution in [1.82, 2.24) is 4.98 Å². The molecule has 0 atom stereocenters. The minimum absolute atomic E-state index is 0.123. The molecule has 0 radical (unpaired) electrons. The van der Waals surface area contributed by atoms with Crippen LogP contribution >= 0.6 is 22.9 Å². The van der Waals surface area contributed by atoms with Gasteiger partial charge in [0.1, 0.15) is 16.6 Å². The molecule has 0 saturated heterocycles. The van der Waals surface area contributed by atoms with E-state index < -0.39 is 0 Å². The zero-order chi connectivity index (χ0) is 19.2. The van der Waals surface area contributed by atoms with Crippen LogP contribution in [0.5, 0.6) is 0 Å². The summed E-state index contributed by atoms with van der Waals surface area (Å²) in [6, 6.07) is 16.8. The van der Waals surface area contributed by atoms with E-state index in [1.54, 1.807) is 18.3 Å². The maximum absolute atomic E-state index is 11.0. The van der Waals surface area contributed by atoms with Crippen LogP contribution in [0.1, 0.15) is 11.9 Å². The molecule has 7 heteroatoms. The second kappa shape index (κ2) is 8.49. The van der Waals surface area contributed by atoms with Gasteiger partial charge in [-0.2, -0.15) is 5.26 Å². The third kappa shape index (κ3) is 4.94. The smallest absolute Gasteiger partial charge is 0.221 e. The number of amides is 1. The van der Waals surface area contributed by atoms with Gasteiger partial charge < -0.3 is 10.6 Å². The largest absolute Gasteiger partial charge is 0.360 e. The lowest BCUT2D eigenvalue weighted by Crippen LogP contribution is -2.05. The quantitative estimate of drug-likeness (QED) is 0.568. The molecule has 1 aromatic heterocycles. The summed E-state index contributed by atoms with van der Waals surface area (Å²) in [5.41, 5.74) is 3.69. The first-order valence-electron chi connectivity index (χ1n) is 8.01. The van der Waals surface area contributed by atoms with Crippen molar-refractivity contribution < 1.29 is 4.79 Å². The number of carbonyl (C=O) groups is 1. The Balaban J connectivity index is 1.74. The van der Waals surface area contributed by atoms with Crippen LogP contribution in [0, 0.1) is 11.3 Å². The predicted octanol–water partition coefficient (Wildman–Crippen LogP) is 5.40. The molecule has 3 rings (SSSR count). The van der Waals surface area contributed by atoms with Gasteiger partial charge in [-0.15, -0.1) is 11.3 Å². The molecule has 2 aromatic carbocycles. The van der Waals surface area contributed by atoms with E-state index in [0.717, 1.165) is 16.9 Å². The summed E-state index contributed by atoms with van der Waals surface area (Å²) in [6.07, 6.45) is 1.62. The average Bonchev–Trinajstić information content (AvgIpc) is 3.14. The zero-order valence-electron chi connectivity index (χ0n) is 14.4. The lowest BCUT2D eigenvalue weighted by molar-refractivity contribution is -0.114. The third-order valence-corrected chi connectivity index (χ3v) is 4.71. The van der Waals surface area contributed by atoms with Gasteiger partial charge in [-0.05, 0) is 36.4 Å². The van der Waals surface area contributed by atoms with Gasteiger partial charge in [0.2, 0.25) is 5.91 Å².